The first-order chi connectivity index (χ1) is 9.06. The minimum Gasteiger partial charge on any atom is -0.370 e. The lowest BCUT2D eigenvalue weighted by molar-refractivity contribution is 0.277. The van der Waals surface area contributed by atoms with Gasteiger partial charge in [0.1, 0.15) is 5.82 Å². The van der Waals surface area contributed by atoms with Gasteiger partial charge in [0, 0.05) is 17.6 Å². The molecule has 0 unspecified atom stereocenters. The molecule has 0 atom stereocenters. The summed E-state index contributed by atoms with van der Waals surface area (Å²) in [5, 5.41) is 0. The number of aliphatic imine (C=N–C) groups is 1. The van der Waals surface area contributed by atoms with E-state index in [4.69, 9.17) is 5.73 Å². The molecule has 3 nitrogen and oxygen atoms in total. The Morgan fingerprint density at radius 3 is 2.75 bits per heavy atom. The van der Waals surface area contributed by atoms with Crippen molar-refractivity contribution >= 4 is 45.9 Å². The summed E-state index contributed by atoms with van der Waals surface area (Å²) in [6, 6.07) is 4.60. The molecule has 2 rings (SSSR count). The first kappa shape index (κ1) is 17.7. The smallest absolute Gasteiger partial charge is 0.191 e. The highest BCUT2D eigenvalue weighted by Gasteiger charge is 2.16. The second-order valence-electron chi connectivity index (χ2n) is 5.08. The average molecular weight is 456 g/mol. The Kier molecular flexibility index (Phi) is 7.22. The molecule has 1 aliphatic rings. The molecule has 0 saturated carbocycles. The van der Waals surface area contributed by atoms with Crippen LogP contribution in [-0.2, 0) is 6.54 Å². The van der Waals surface area contributed by atoms with Crippen LogP contribution in [0.5, 0.6) is 0 Å². The third-order valence-electron chi connectivity index (χ3n) is 3.53. The summed E-state index contributed by atoms with van der Waals surface area (Å²) < 4.78 is 14.0. The van der Waals surface area contributed by atoms with Crippen LogP contribution in [0.25, 0.3) is 0 Å². The summed E-state index contributed by atoms with van der Waals surface area (Å²) in [5.41, 5.74) is 6.81. The SMILES string of the molecule is CC1CCN(C(N)=NCc2cc(F)ccc2Br)CC1.I. The van der Waals surface area contributed by atoms with Gasteiger partial charge in [-0.3, -0.25) is 0 Å². The van der Waals surface area contributed by atoms with E-state index < -0.39 is 0 Å². The summed E-state index contributed by atoms with van der Waals surface area (Å²) in [6.07, 6.45) is 2.31. The molecule has 6 heteroatoms. The molecule has 112 valence electrons. The van der Waals surface area contributed by atoms with Crippen molar-refractivity contribution in [2.75, 3.05) is 13.1 Å². The molecule has 1 heterocycles. The van der Waals surface area contributed by atoms with Gasteiger partial charge in [0.2, 0.25) is 0 Å². The van der Waals surface area contributed by atoms with E-state index in [0.717, 1.165) is 41.9 Å². The van der Waals surface area contributed by atoms with Crippen LogP contribution >= 0.6 is 39.9 Å². The molecule has 2 N–H and O–H groups in total. The van der Waals surface area contributed by atoms with E-state index in [9.17, 15) is 4.39 Å². The van der Waals surface area contributed by atoms with Gasteiger partial charge in [-0.15, -0.1) is 24.0 Å². The predicted octanol–water partition coefficient (Wildman–Crippen LogP) is 3.75. The van der Waals surface area contributed by atoms with Crippen molar-refractivity contribution in [3.63, 3.8) is 0 Å². The van der Waals surface area contributed by atoms with Gasteiger partial charge in [-0.25, -0.2) is 9.38 Å². The van der Waals surface area contributed by atoms with Crippen molar-refractivity contribution in [1.29, 1.82) is 0 Å². The Morgan fingerprint density at radius 2 is 2.10 bits per heavy atom. The lowest BCUT2D eigenvalue weighted by atomic mass is 10.00. The number of benzene rings is 1. The molecule has 1 aliphatic heterocycles. The average Bonchev–Trinajstić information content (AvgIpc) is 2.40. The van der Waals surface area contributed by atoms with Crippen LogP contribution in [0.15, 0.2) is 27.7 Å². The summed E-state index contributed by atoms with van der Waals surface area (Å²) in [4.78, 5) is 6.47. The molecule has 0 spiro atoms. The lowest BCUT2D eigenvalue weighted by Crippen LogP contribution is -2.42. The number of halogens is 3. The minimum atomic E-state index is -0.251. The van der Waals surface area contributed by atoms with Crippen LogP contribution in [0, 0.1) is 11.7 Å². The summed E-state index contributed by atoms with van der Waals surface area (Å²) in [7, 11) is 0. The molecule has 1 fully saturated rings. The largest absolute Gasteiger partial charge is 0.370 e. The van der Waals surface area contributed by atoms with Crippen LogP contribution in [0.1, 0.15) is 25.3 Å². The van der Waals surface area contributed by atoms with Crippen molar-refractivity contribution in [2.24, 2.45) is 16.6 Å². The van der Waals surface area contributed by atoms with Gasteiger partial charge < -0.3 is 10.6 Å². The first-order valence-electron chi connectivity index (χ1n) is 6.55. The third kappa shape index (κ3) is 4.87. The number of likely N-dealkylation sites (tertiary alicyclic amines) is 1. The van der Waals surface area contributed by atoms with E-state index in [-0.39, 0.29) is 29.8 Å². The summed E-state index contributed by atoms with van der Waals surface area (Å²) >= 11 is 3.39. The van der Waals surface area contributed by atoms with Gasteiger partial charge in [-0.1, -0.05) is 22.9 Å². The molecular weight excluding hydrogens is 436 g/mol. The molecule has 0 amide bonds. The van der Waals surface area contributed by atoms with Crippen LogP contribution in [0.4, 0.5) is 4.39 Å². The zero-order chi connectivity index (χ0) is 13.8. The number of hydrogen-bond donors (Lipinski definition) is 1. The van der Waals surface area contributed by atoms with Gasteiger partial charge in [-0.2, -0.15) is 0 Å². The van der Waals surface area contributed by atoms with Crippen LogP contribution < -0.4 is 5.73 Å². The van der Waals surface area contributed by atoms with Gasteiger partial charge in [0.25, 0.3) is 0 Å². The Bertz CT molecular complexity index is 473. The number of rotatable bonds is 2. The van der Waals surface area contributed by atoms with Crippen molar-refractivity contribution in [2.45, 2.75) is 26.3 Å². The first-order valence-corrected chi connectivity index (χ1v) is 7.34. The molecule has 0 radical (unpaired) electrons. The number of piperidine rings is 1. The number of guanidine groups is 1. The Hall–Kier alpha value is -0.370. The van der Waals surface area contributed by atoms with Gasteiger partial charge in [0.15, 0.2) is 5.96 Å². The normalized spacial score (nSPS) is 16.9. The zero-order valence-electron chi connectivity index (χ0n) is 11.5. The maximum absolute atomic E-state index is 13.2. The van der Waals surface area contributed by atoms with E-state index in [1.54, 1.807) is 6.07 Å². The highest BCUT2D eigenvalue weighted by Crippen LogP contribution is 2.19. The van der Waals surface area contributed by atoms with E-state index in [1.807, 2.05) is 0 Å². The topological polar surface area (TPSA) is 41.6 Å². The number of nitrogens with two attached hydrogens (primary N) is 1. The molecule has 0 bridgehead atoms. The second-order valence-corrected chi connectivity index (χ2v) is 5.93. The van der Waals surface area contributed by atoms with E-state index in [2.05, 4.69) is 32.7 Å². The quantitative estimate of drug-likeness (QED) is 0.419. The Labute approximate surface area is 145 Å². The Balaban J connectivity index is 0.00000200. The van der Waals surface area contributed by atoms with E-state index >= 15 is 0 Å². The number of nitrogens with zero attached hydrogens (tertiary/aromatic N) is 2. The highest BCUT2D eigenvalue weighted by molar-refractivity contribution is 14.0. The lowest BCUT2D eigenvalue weighted by Gasteiger charge is -2.31. The molecule has 0 aromatic heterocycles. The molecule has 0 aliphatic carbocycles. The van der Waals surface area contributed by atoms with Crippen molar-refractivity contribution in [3.8, 4) is 0 Å². The monoisotopic (exact) mass is 455 g/mol. The fourth-order valence-corrected chi connectivity index (χ4v) is 2.54. The van der Waals surface area contributed by atoms with Gasteiger partial charge in [-0.05, 0) is 42.5 Å². The Morgan fingerprint density at radius 1 is 1.45 bits per heavy atom. The maximum atomic E-state index is 13.2. The van der Waals surface area contributed by atoms with Crippen molar-refractivity contribution < 1.29 is 4.39 Å². The van der Waals surface area contributed by atoms with Crippen LogP contribution in [0.2, 0.25) is 0 Å². The molecular formula is C14H20BrFIN3. The van der Waals surface area contributed by atoms with Gasteiger partial charge >= 0.3 is 0 Å². The molecule has 20 heavy (non-hydrogen) atoms. The highest BCUT2D eigenvalue weighted by atomic mass is 127. The molecule has 1 aromatic carbocycles. The molecule has 1 aromatic rings. The minimum absolute atomic E-state index is 0. The molecule has 1 saturated heterocycles. The van der Waals surface area contributed by atoms with Crippen molar-refractivity contribution in [1.82, 2.24) is 4.90 Å². The van der Waals surface area contributed by atoms with E-state index in [0.29, 0.717) is 12.5 Å². The fraction of sp³-hybridized carbons (Fsp3) is 0.500. The second kappa shape index (κ2) is 8.17. The fourth-order valence-electron chi connectivity index (χ4n) is 2.17. The zero-order valence-corrected chi connectivity index (χ0v) is 15.4. The van der Waals surface area contributed by atoms with E-state index in [1.165, 1.54) is 12.1 Å². The third-order valence-corrected chi connectivity index (χ3v) is 4.30. The van der Waals surface area contributed by atoms with Gasteiger partial charge in [0.05, 0.1) is 6.54 Å². The van der Waals surface area contributed by atoms with Crippen molar-refractivity contribution in [3.05, 3.63) is 34.1 Å². The predicted molar refractivity (Wildman–Crippen MR) is 94.8 cm³/mol. The standard InChI is InChI=1S/C14H19BrFN3.HI/c1-10-4-6-19(7-5-10)14(17)18-9-11-8-12(16)2-3-13(11)15;/h2-3,8,10H,4-7,9H2,1H3,(H2,17,18);1H. The van der Waals surface area contributed by atoms with Crippen LogP contribution in [0.3, 0.4) is 0 Å². The van der Waals surface area contributed by atoms with Crippen LogP contribution in [-0.4, -0.2) is 23.9 Å². The maximum Gasteiger partial charge on any atom is 0.191 e. The summed E-state index contributed by atoms with van der Waals surface area (Å²) in [6.45, 7) is 4.58. The summed E-state index contributed by atoms with van der Waals surface area (Å²) in [5.74, 6) is 1.07. The number of hydrogen-bond acceptors (Lipinski definition) is 1.